The number of benzene rings is 3. The number of halogens is 4. The number of carbonyl (C=O) groups is 1. The van der Waals surface area contributed by atoms with Crippen LogP contribution in [-0.4, -0.2) is 42.9 Å². The molecule has 1 atom stereocenters. The number of anilines is 1. The van der Waals surface area contributed by atoms with Crippen LogP contribution in [0, 0.1) is 23.4 Å². The summed E-state index contributed by atoms with van der Waals surface area (Å²) in [6.07, 6.45) is 3.28. The van der Waals surface area contributed by atoms with Gasteiger partial charge in [-0.1, -0.05) is 42.5 Å². The van der Waals surface area contributed by atoms with Crippen LogP contribution in [0.15, 0.2) is 72.8 Å². The highest BCUT2D eigenvalue weighted by atomic mass is 79.9. The number of hydrogen-bond donors (Lipinski definition) is 0. The normalized spacial score (nSPS) is 22.0. The SMILES string of the molecule is O=C(O[C@H]1C[N+]2(CCCc3ccccc3)CCC1CC2)N(Cc1ccc(F)c(F)c1)c1cccc(F)c1.[Br-]. The molecule has 0 aliphatic carbocycles. The van der Waals surface area contributed by atoms with Gasteiger partial charge >= 0.3 is 6.09 Å². The first-order chi connectivity index (χ1) is 17.9. The molecule has 3 fully saturated rings. The molecule has 3 aliphatic heterocycles. The summed E-state index contributed by atoms with van der Waals surface area (Å²) in [5.41, 5.74) is 2.03. The van der Waals surface area contributed by atoms with Crippen LogP contribution < -0.4 is 21.9 Å². The molecule has 2 bridgehead atoms. The number of amides is 1. The number of rotatable bonds is 8. The zero-order valence-electron chi connectivity index (χ0n) is 21.2. The zero-order chi connectivity index (χ0) is 25.8. The lowest BCUT2D eigenvalue weighted by atomic mass is 9.83. The highest BCUT2D eigenvalue weighted by molar-refractivity contribution is 5.87. The van der Waals surface area contributed by atoms with Gasteiger partial charge in [-0.2, -0.15) is 0 Å². The number of piperidine rings is 3. The maximum atomic E-state index is 14.0. The highest BCUT2D eigenvalue weighted by Gasteiger charge is 2.47. The van der Waals surface area contributed by atoms with E-state index in [1.54, 1.807) is 6.07 Å². The van der Waals surface area contributed by atoms with E-state index >= 15 is 0 Å². The third-order valence-electron chi connectivity index (χ3n) is 7.90. The van der Waals surface area contributed by atoms with Crippen molar-refractivity contribution in [2.24, 2.45) is 5.92 Å². The second-order valence-corrected chi connectivity index (χ2v) is 10.4. The van der Waals surface area contributed by atoms with Crippen molar-refractivity contribution in [2.45, 2.75) is 38.3 Å². The highest BCUT2D eigenvalue weighted by Crippen LogP contribution is 2.36. The third-order valence-corrected chi connectivity index (χ3v) is 7.90. The predicted octanol–water partition coefficient (Wildman–Crippen LogP) is 3.49. The molecule has 3 aliphatic rings. The van der Waals surface area contributed by atoms with E-state index in [0.29, 0.717) is 17.2 Å². The molecule has 38 heavy (non-hydrogen) atoms. The molecule has 202 valence electrons. The van der Waals surface area contributed by atoms with Crippen molar-refractivity contribution in [3.63, 3.8) is 0 Å². The van der Waals surface area contributed by atoms with Crippen LogP contribution in [0.3, 0.4) is 0 Å². The lowest BCUT2D eigenvalue weighted by Crippen LogP contribution is -3.00. The minimum absolute atomic E-state index is 0. The Morgan fingerprint density at radius 2 is 1.66 bits per heavy atom. The number of nitrogens with zero attached hydrogens (tertiary/aromatic N) is 2. The van der Waals surface area contributed by atoms with Gasteiger partial charge in [0.2, 0.25) is 0 Å². The molecule has 3 aromatic rings. The molecular weight excluding hydrogens is 557 g/mol. The lowest BCUT2D eigenvalue weighted by Gasteiger charge is -2.52. The third kappa shape index (κ3) is 6.59. The van der Waals surface area contributed by atoms with E-state index in [-0.39, 0.29) is 29.6 Å². The summed E-state index contributed by atoms with van der Waals surface area (Å²) in [7, 11) is 0. The first kappa shape index (κ1) is 28.2. The average Bonchev–Trinajstić information content (AvgIpc) is 2.90. The summed E-state index contributed by atoms with van der Waals surface area (Å²) in [5.74, 6) is -2.15. The Labute approximate surface area is 232 Å². The monoisotopic (exact) mass is 588 g/mol. The van der Waals surface area contributed by atoms with E-state index in [2.05, 4.69) is 24.3 Å². The van der Waals surface area contributed by atoms with E-state index in [1.165, 1.54) is 34.7 Å². The van der Waals surface area contributed by atoms with Gasteiger partial charge in [-0.25, -0.2) is 18.0 Å². The smallest absolute Gasteiger partial charge is 0.415 e. The van der Waals surface area contributed by atoms with Gasteiger partial charge in [0.25, 0.3) is 0 Å². The molecule has 0 spiro atoms. The van der Waals surface area contributed by atoms with E-state index in [4.69, 9.17) is 4.74 Å². The Morgan fingerprint density at radius 3 is 2.37 bits per heavy atom. The summed E-state index contributed by atoms with van der Waals surface area (Å²) < 4.78 is 48.4. The fourth-order valence-corrected chi connectivity index (χ4v) is 5.85. The largest absolute Gasteiger partial charge is 1.00 e. The number of fused-ring (bicyclic) bond motifs is 3. The summed E-state index contributed by atoms with van der Waals surface area (Å²) >= 11 is 0. The Hall–Kier alpha value is -2.84. The second-order valence-electron chi connectivity index (χ2n) is 10.4. The molecule has 3 saturated heterocycles. The van der Waals surface area contributed by atoms with Gasteiger partial charge in [-0.3, -0.25) is 4.90 Å². The lowest BCUT2D eigenvalue weighted by molar-refractivity contribution is -0.946. The van der Waals surface area contributed by atoms with Crippen LogP contribution >= 0.6 is 0 Å². The van der Waals surface area contributed by atoms with Crippen molar-refractivity contribution in [1.82, 2.24) is 0 Å². The zero-order valence-corrected chi connectivity index (χ0v) is 22.8. The van der Waals surface area contributed by atoms with Gasteiger partial charge in [0, 0.05) is 25.2 Å². The molecule has 0 N–H and O–H groups in total. The predicted molar refractivity (Wildman–Crippen MR) is 136 cm³/mol. The van der Waals surface area contributed by atoms with Crippen LogP contribution in [-0.2, 0) is 17.7 Å². The molecule has 0 aromatic heterocycles. The topological polar surface area (TPSA) is 29.5 Å². The maximum absolute atomic E-state index is 14.0. The van der Waals surface area contributed by atoms with Crippen LogP contribution in [0.1, 0.15) is 30.4 Å². The molecule has 0 unspecified atom stereocenters. The number of carbonyl (C=O) groups excluding carboxylic acids is 1. The summed E-state index contributed by atoms with van der Waals surface area (Å²) in [6, 6.07) is 19.6. The van der Waals surface area contributed by atoms with E-state index in [9.17, 15) is 18.0 Å². The number of aryl methyl sites for hydroxylation is 1. The van der Waals surface area contributed by atoms with Gasteiger partial charge < -0.3 is 26.2 Å². The van der Waals surface area contributed by atoms with Crippen molar-refractivity contribution in [3.8, 4) is 0 Å². The number of ether oxygens (including phenoxy) is 1. The summed E-state index contributed by atoms with van der Waals surface area (Å²) in [4.78, 5) is 14.8. The Kier molecular flexibility index (Phi) is 9.15. The van der Waals surface area contributed by atoms with Crippen LogP contribution in [0.4, 0.5) is 23.7 Å². The number of hydrogen-bond acceptors (Lipinski definition) is 2. The fraction of sp³-hybridized carbons (Fsp3) is 0.367. The average molecular weight is 589 g/mol. The van der Waals surface area contributed by atoms with Crippen molar-refractivity contribution in [1.29, 1.82) is 0 Å². The van der Waals surface area contributed by atoms with Crippen molar-refractivity contribution >= 4 is 11.8 Å². The fourth-order valence-electron chi connectivity index (χ4n) is 5.85. The molecule has 4 nitrogen and oxygen atoms in total. The van der Waals surface area contributed by atoms with Crippen LogP contribution in [0.5, 0.6) is 0 Å². The van der Waals surface area contributed by atoms with Crippen molar-refractivity contribution in [2.75, 3.05) is 31.1 Å². The van der Waals surface area contributed by atoms with Gasteiger partial charge in [0.05, 0.1) is 31.9 Å². The Bertz CT molecular complexity index is 1240. The van der Waals surface area contributed by atoms with E-state index in [1.807, 2.05) is 6.07 Å². The minimum Gasteiger partial charge on any atom is -1.00 e. The molecule has 3 aromatic carbocycles. The second kappa shape index (κ2) is 12.3. The first-order valence-corrected chi connectivity index (χ1v) is 13.0. The van der Waals surface area contributed by atoms with Crippen LogP contribution in [0.2, 0.25) is 0 Å². The molecule has 6 rings (SSSR count). The Morgan fingerprint density at radius 1 is 0.895 bits per heavy atom. The maximum Gasteiger partial charge on any atom is 0.415 e. The molecule has 8 heteroatoms. The molecular formula is C30H32BrF3N2O2. The molecule has 3 heterocycles. The van der Waals surface area contributed by atoms with Gasteiger partial charge in [0.15, 0.2) is 17.7 Å². The van der Waals surface area contributed by atoms with Gasteiger partial charge in [0.1, 0.15) is 12.4 Å². The van der Waals surface area contributed by atoms with Gasteiger partial charge in [-0.15, -0.1) is 0 Å². The molecule has 1 amide bonds. The first-order valence-electron chi connectivity index (χ1n) is 13.0. The van der Waals surface area contributed by atoms with Crippen molar-refractivity contribution in [3.05, 3.63) is 101 Å². The minimum atomic E-state index is -0.996. The van der Waals surface area contributed by atoms with E-state index < -0.39 is 23.5 Å². The Balaban J connectivity index is 0.00000336. The quantitative estimate of drug-likeness (QED) is 0.377. The summed E-state index contributed by atoms with van der Waals surface area (Å²) in [6.45, 7) is 3.94. The van der Waals surface area contributed by atoms with Gasteiger partial charge in [-0.05, 0) is 47.9 Å². The van der Waals surface area contributed by atoms with E-state index in [0.717, 1.165) is 68.5 Å². The number of quaternary nitrogens is 1. The van der Waals surface area contributed by atoms with Crippen LogP contribution in [0.25, 0.3) is 0 Å². The molecule has 0 saturated carbocycles. The van der Waals surface area contributed by atoms with Crippen molar-refractivity contribution < 1.29 is 44.2 Å². The summed E-state index contributed by atoms with van der Waals surface area (Å²) in [5, 5.41) is 0. The molecule has 0 radical (unpaired) electrons. The standard InChI is InChI=1S/C30H32F3N2O2.BrH/c31-25-9-4-10-26(19-25)34(20-23-11-12-27(32)28(33)18-23)30(36)37-29-21-35(16-13-24(29)14-17-35)15-5-8-22-6-2-1-3-7-22;/h1-4,6-7,9-12,18-19,24,29H,5,8,13-17,20-21H2;1H/q+1;/p-1/t24?,29-,35?;/m0./s1.